The van der Waals surface area contributed by atoms with E-state index in [1.165, 1.54) is 0 Å². The van der Waals surface area contributed by atoms with E-state index in [-0.39, 0.29) is 0 Å². The van der Waals surface area contributed by atoms with Crippen molar-refractivity contribution in [3.05, 3.63) is 73.6 Å². The first-order valence-electron chi connectivity index (χ1n) is 7.10. The zero-order valence-electron chi connectivity index (χ0n) is 12.4. The van der Waals surface area contributed by atoms with Crippen LogP contribution in [0.1, 0.15) is 11.1 Å². The number of ether oxygens (including phenoxy) is 1. The molecule has 0 saturated carbocycles. The Morgan fingerprint density at radius 1 is 1.12 bits per heavy atom. The number of hydrogen-bond acceptors (Lipinski definition) is 4. The summed E-state index contributed by atoms with van der Waals surface area (Å²) in [6.07, 6.45) is 1.77. The maximum Gasteiger partial charge on any atom is 0.182 e. The second-order valence-electron chi connectivity index (χ2n) is 4.97. The summed E-state index contributed by atoms with van der Waals surface area (Å²) >= 11 is 17.2. The van der Waals surface area contributed by atoms with Crippen molar-refractivity contribution in [3.8, 4) is 5.75 Å². The number of aromatic nitrogens is 1. The highest BCUT2D eigenvalue weighted by Crippen LogP contribution is 2.27. The van der Waals surface area contributed by atoms with Gasteiger partial charge in [0.2, 0.25) is 0 Å². The molecule has 1 aromatic heterocycles. The molecule has 1 N–H and O–H groups in total. The Balaban J connectivity index is 1.72. The van der Waals surface area contributed by atoms with Crippen LogP contribution in [-0.2, 0) is 13.2 Å². The summed E-state index contributed by atoms with van der Waals surface area (Å²) in [4.78, 5) is 4.22. The molecule has 1 heterocycles. The van der Waals surface area contributed by atoms with Crippen LogP contribution in [0.5, 0.6) is 5.75 Å². The molecular weight excluding hydrogens is 431 g/mol. The number of nitrogens with one attached hydrogen (secondary N) is 1. The van der Waals surface area contributed by atoms with Gasteiger partial charge in [0, 0.05) is 43.8 Å². The van der Waals surface area contributed by atoms with E-state index in [0.29, 0.717) is 23.2 Å². The summed E-state index contributed by atoms with van der Waals surface area (Å²) in [6.45, 7) is 0.999. The number of thiazole rings is 1. The Labute approximate surface area is 162 Å². The van der Waals surface area contributed by atoms with E-state index in [1.807, 2.05) is 29.6 Å². The highest BCUT2D eigenvalue weighted by Gasteiger charge is 2.08. The lowest BCUT2D eigenvalue weighted by molar-refractivity contribution is 0.303. The van der Waals surface area contributed by atoms with Crippen molar-refractivity contribution in [1.29, 1.82) is 0 Å². The third-order valence-electron chi connectivity index (χ3n) is 3.28. The Bertz CT molecular complexity index is 827. The van der Waals surface area contributed by atoms with E-state index in [1.54, 1.807) is 29.7 Å². The van der Waals surface area contributed by atoms with Crippen LogP contribution in [0.15, 0.2) is 52.4 Å². The molecule has 0 amide bonds. The number of benzene rings is 2. The summed E-state index contributed by atoms with van der Waals surface area (Å²) in [5, 5.41) is 7.31. The third kappa shape index (κ3) is 4.63. The first kappa shape index (κ1) is 17.5. The molecule has 3 nitrogen and oxygen atoms in total. The quantitative estimate of drug-likeness (QED) is 0.478. The predicted molar refractivity (Wildman–Crippen MR) is 104 cm³/mol. The molecule has 0 fully saturated rings. The monoisotopic (exact) mass is 442 g/mol. The SMILES string of the molecule is Clc1ccc(COc2ccc(Br)cc2CNc2nccs2)c(Cl)c1. The Morgan fingerprint density at radius 3 is 2.75 bits per heavy atom. The topological polar surface area (TPSA) is 34.1 Å². The summed E-state index contributed by atoms with van der Waals surface area (Å²) < 4.78 is 6.96. The largest absolute Gasteiger partial charge is 0.488 e. The fraction of sp³-hybridized carbons (Fsp3) is 0.118. The molecule has 3 aromatic rings. The van der Waals surface area contributed by atoms with Crippen LogP contribution in [0.3, 0.4) is 0 Å². The molecule has 7 heteroatoms. The van der Waals surface area contributed by atoms with Crippen molar-refractivity contribution in [2.24, 2.45) is 0 Å². The zero-order chi connectivity index (χ0) is 16.9. The average molecular weight is 444 g/mol. The van der Waals surface area contributed by atoms with E-state index < -0.39 is 0 Å². The molecule has 24 heavy (non-hydrogen) atoms. The van der Waals surface area contributed by atoms with Crippen LogP contribution in [-0.4, -0.2) is 4.98 Å². The summed E-state index contributed by atoms with van der Waals surface area (Å²) in [5.74, 6) is 0.799. The fourth-order valence-electron chi connectivity index (χ4n) is 2.10. The normalized spacial score (nSPS) is 10.6. The number of hydrogen-bond donors (Lipinski definition) is 1. The number of rotatable bonds is 6. The van der Waals surface area contributed by atoms with Gasteiger partial charge in [0.05, 0.1) is 0 Å². The molecule has 124 valence electrons. The van der Waals surface area contributed by atoms with Crippen molar-refractivity contribution in [1.82, 2.24) is 4.98 Å². The van der Waals surface area contributed by atoms with Gasteiger partial charge in [-0.25, -0.2) is 4.98 Å². The minimum atomic E-state index is 0.377. The molecule has 0 bridgehead atoms. The molecule has 0 saturated heterocycles. The summed E-state index contributed by atoms with van der Waals surface area (Å²) in [5.41, 5.74) is 1.92. The number of anilines is 1. The van der Waals surface area contributed by atoms with Crippen LogP contribution in [0.4, 0.5) is 5.13 Å². The molecule has 0 spiro atoms. The van der Waals surface area contributed by atoms with Gasteiger partial charge in [-0.1, -0.05) is 45.2 Å². The average Bonchev–Trinajstić information content (AvgIpc) is 3.07. The Kier molecular flexibility index (Phi) is 6.00. The molecule has 0 atom stereocenters. The van der Waals surface area contributed by atoms with Crippen molar-refractivity contribution in [2.45, 2.75) is 13.2 Å². The van der Waals surface area contributed by atoms with Crippen LogP contribution in [0, 0.1) is 0 Å². The summed E-state index contributed by atoms with van der Waals surface area (Å²) in [7, 11) is 0. The lowest BCUT2D eigenvalue weighted by atomic mass is 10.2. The molecule has 0 radical (unpaired) electrons. The van der Waals surface area contributed by atoms with Crippen LogP contribution in [0.25, 0.3) is 0 Å². The maximum atomic E-state index is 6.20. The minimum absolute atomic E-state index is 0.377. The minimum Gasteiger partial charge on any atom is -0.488 e. The van der Waals surface area contributed by atoms with Gasteiger partial charge in [-0.05, 0) is 30.3 Å². The number of nitrogens with zero attached hydrogens (tertiary/aromatic N) is 1. The second kappa shape index (κ2) is 8.21. The van der Waals surface area contributed by atoms with Gasteiger partial charge in [0.15, 0.2) is 5.13 Å². The third-order valence-corrected chi connectivity index (χ3v) is 5.09. The molecular formula is C17H13BrCl2N2OS. The van der Waals surface area contributed by atoms with Crippen LogP contribution in [0.2, 0.25) is 10.0 Å². The molecule has 0 aliphatic carbocycles. The van der Waals surface area contributed by atoms with Crippen molar-refractivity contribution < 1.29 is 4.74 Å². The van der Waals surface area contributed by atoms with E-state index in [9.17, 15) is 0 Å². The molecule has 3 rings (SSSR count). The molecule has 0 aliphatic heterocycles. The first-order valence-corrected chi connectivity index (χ1v) is 9.53. The smallest absolute Gasteiger partial charge is 0.182 e. The van der Waals surface area contributed by atoms with Gasteiger partial charge in [-0.15, -0.1) is 11.3 Å². The summed E-state index contributed by atoms with van der Waals surface area (Å²) in [6, 6.07) is 11.3. The van der Waals surface area contributed by atoms with Crippen LogP contribution < -0.4 is 10.1 Å². The van der Waals surface area contributed by atoms with Gasteiger partial charge in [-0.3, -0.25) is 0 Å². The highest BCUT2D eigenvalue weighted by atomic mass is 79.9. The predicted octanol–water partition coefficient (Wildman–Crippen LogP) is 6.40. The fourth-order valence-corrected chi connectivity index (χ4v) is 3.50. The van der Waals surface area contributed by atoms with Gasteiger partial charge in [0.1, 0.15) is 12.4 Å². The van der Waals surface area contributed by atoms with Gasteiger partial charge in [0.25, 0.3) is 0 Å². The standard InChI is InChI=1S/C17H13BrCl2N2OS/c18-13-2-4-16(12(7-13)9-22-17-21-5-6-24-17)23-10-11-1-3-14(19)8-15(11)20/h1-8H,9-10H2,(H,21,22). The number of halogens is 3. The van der Waals surface area contributed by atoms with E-state index in [0.717, 1.165) is 26.5 Å². The van der Waals surface area contributed by atoms with Gasteiger partial charge < -0.3 is 10.1 Å². The second-order valence-corrected chi connectivity index (χ2v) is 7.62. The van der Waals surface area contributed by atoms with Gasteiger partial charge >= 0.3 is 0 Å². The first-order chi connectivity index (χ1) is 11.6. The Morgan fingerprint density at radius 2 is 2.00 bits per heavy atom. The maximum absolute atomic E-state index is 6.20. The molecule has 0 aliphatic rings. The lowest BCUT2D eigenvalue weighted by Gasteiger charge is -2.13. The highest BCUT2D eigenvalue weighted by molar-refractivity contribution is 9.10. The van der Waals surface area contributed by atoms with Crippen LogP contribution >= 0.6 is 50.5 Å². The van der Waals surface area contributed by atoms with Crippen molar-refractivity contribution in [3.63, 3.8) is 0 Å². The van der Waals surface area contributed by atoms with Gasteiger partial charge in [-0.2, -0.15) is 0 Å². The van der Waals surface area contributed by atoms with E-state index in [4.69, 9.17) is 27.9 Å². The zero-order valence-corrected chi connectivity index (χ0v) is 16.3. The lowest BCUT2D eigenvalue weighted by Crippen LogP contribution is -2.04. The molecule has 0 unspecified atom stereocenters. The molecule has 2 aromatic carbocycles. The van der Waals surface area contributed by atoms with E-state index in [2.05, 4.69) is 26.2 Å². The van der Waals surface area contributed by atoms with Crippen molar-refractivity contribution in [2.75, 3.05) is 5.32 Å². The van der Waals surface area contributed by atoms with E-state index >= 15 is 0 Å². The van der Waals surface area contributed by atoms with Crippen molar-refractivity contribution >= 4 is 55.6 Å². The Hall–Kier alpha value is -1.27.